The van der Waals surface area contributed by atoms with E-state index in [4.69, 9.17) is 5.11 Å². The van der Waals surface area contributed by atoms with Gasteiger partial charge in [0.05, 0.1) is 5.56 Å². The highest BCUT2D eigenvalue weighted by Crippen LogP contribution is 2.20. The topological polar surface area (TPSA) is 49.3 Å². The molecule has 0 aliphatic carbocycles. The molecule has 2 N–H and O–H groups in total. The molecule has 14 heavy (non-hydrogen) atoms. The van der Waals surface area contributed by atoms with Crippen molar-refractivity contribution in [3.8, 4) is 0 Å². The first-order valence-electron chi connectivity index (χ1n) is 4.76. The Morgan fingerprint density at radius 3 is 3.07 bits per heavy atom. The summed E-state index contributed by atoms with van der Waals surface area (Å²) in [6.07, 6.45) is 0.803. The van der Waals surface area contributed by atoms with E-state index >= 15 is 0 Å². The van der Waals surface area contributed by atoms with Crippen LogP contribution in [0.15, 0.2) is 18.2 Å². The molecule has 1 atom stereocenters. The van der Waals surface area contributed by atoms with Gasteiger partial charge in [0.2, 0.25) is 0 Å². The molecule has 1 heterocycles. The Balaban J connectivity index is 2.48. The first kappa shape index (κ1) is 9.21. The Morgan fingerprint density at radius 1 is 1.57 bits per heavy atom. The monoisotopic (exact) mass is 191 g/mol. The molecule has 1 aliphatic rings. The maximum atomic E-state index is 11.0. The number of carbonyl (C=O) groups is 1. The molecule has 0 amide bonds. The summed E-state index contributed by atoms with van der Waals surface area (Å²) < 4.78 is 0. The van der Waals surface area contributed by atoms with Gasteiger partial charge in [-0.3, -0.25) is 0 Å². The third kappa shape index (κ3) is 1.51. The molecule has 0 saturated heterocycles. The van der Waals surface area contributed by atoms with Crippen molar-refractivity contribution in [2.45, 2.75) is 25.9 Å². The minimum atomic E-state index is -0.823. The lowest BCUT2D eigenvalue weighted by atomic mass is 9.92. The van der Waals surface area contributed by atoms with Crippen LogP contribution in [0.1, 0.15) is 28.4 Å². The molecule has 74 valence electrons. The van der Waals surface area contributed by atoms with E-state index in [0.717, 1.165) is 24.1 Å². The number of benzene rings is 1. The smallest absolute Gasteiger partial charge is 0.335 e. The van der Waals surface area contributed by atoms with Crippen molar-refractivity contribution >= 4 is 5.97 Å². The van der Waals surface area contributed by atoms with Gasteiger partial charge in [-0.25, -0.2) is 4.79 Å². The Hall–Kier alpha value is -1.35. The lowest BCUT2D eigenvalue weighted by Gasteiger charge is -2.24. The van der Waals surface area contributed by atoms with Gasteiger partial charge in [-0.2, -0.15) is 0 Å². The average molecular weight is 191 g/mol. The van der Waals surface area contributed by atoms with Crippen LogP contribution in [0.3, 0.4) is 0 Å². The van der Waals surface area contributed by atoms with Gasteiger partial charge in [0.1, 0.15) is 0 Å². The predicted molar refractivity (Wildman–Crippen MR) is 53.4 cm³/mol. The van der Waals surface area contributed by atoms with Crippen LogP contribution in [0.4, 0.5) is 0 Å². The third-order valence-electron chi connectivity index (χ3n) is 2.65. The molecule has 0 bridgehead atoms. The second-order valence-electron chi connectivity index (χ2n) is 3.73. The second-order valence-corrected chi connectivity index (χ2v) is 3.73. The van der Waals surface area contributed by atoms with E-state index in [1.807, 2.05) is 6.07 Å². The van der Waals surface area contributed by atoms with Crippen LogP contribution in [0.2, 0.25) is 0 Å². The molecule has 2 rings (SSSR count). The van der Waals surface area contributed by atoms with Crippen LogP contribution in [-0.4, -0.2) is 17.1 Å². The van der Waals surface area contributed by atoms with Crippen LogP contribution in [0.5, 0.6) is 0 Å². The zero-order valence-corrected chi connectivity index (χ0v) is 8.08. The van der Waals surface area contributed by atoms with Gasteiger partial charge in [-0.05, 0) is 30.5 Å². The fraction of sp³-hybridized carbons (Fsp3) is 0.364. The molecule has 0 unspecified atom stereocenters. The number of hydrogen-bond acceptors (Lipinski definition) is 2. The summed E-state index contributed by atoms with van der Waals surface area (Å²) in [4.78, 5) is 11.0. The van der Waals surface area contributed by atoms with Crippen LogP contribution in [0, 0.1) is 0 Å². The lowest BCUT2D eigenvalue weighted by molar-refractivity contribution is 0.0695. The van der Waals surface area contributed by atoms with Gasteiger partial charge >= 0.3 is 5.97 Å². The van der Waals surface area contributed by atoms with Crippen LogP contribution in [-0.2, 0) is 13.0 Å². The molecule has 3 nitrogen and oxygen atoms in total. The van der Waals surface area contributed by atoms with Gasteiger partial charge in [0, 0.05) is 12.6 Å². The molecule has 1 aromatic rings. The Kier molecular flexibility index (Phi) is 2.25. The van der Waals surface area contributed by atoms with Crippen LogP contribution < -0.4 is 5.32 Å². The predicted octanol–water partition coefficient (Wildman–Crippen LogP) is 1.42. The number of carboxylic acids is 1. The Morgan fingerprint density at radius 2 is 2.36 bits per heavy atom. The summed E-state index contributed by atoms with van der Waals surface area (Å²) in [5.74, 6) is -0.823. The van der Waals surface area contributed by atoms with Gasteiger partial charge in [-0.15, -0.1) is 0 Å². The quantitative estimate of drug-likeness (QED) is 0.705. The van der Waals surface area contributed by atoms with E-state index in [1.54, 1.807) is 12.1 Å². The molecule has 0 aromatic heterocycles. The van der Waals surface area contributed by atoms with Crippen molar-refractivity contribution in [2.75, 3.05) is 0 Å². The number of carboxylic acid groups (broad SMARTS) is 1. The summed E-state index contributed by atoms with van der Waals surface area (Å²) in [5, 5.41) is 12.3. The van der Waals surface area contributed by atoms with Gasteiger partial charge in [0.15, 0.2) is 0 Å². The standard InChI is InChI=1S/C11H13NO2/c1-7-5-10-8(6-12-7)3-2-4-9(10)11(13)14/h2-4,7,12H,5-6H2,1H3,(H,13,14)/t7-/m0/s1. The Labute approximate surface area is 82.8 Å². The largest absolute Gasteiger partial charge is 0.478 e. The summed E-state index contributed by atoms with van der Waals surface area (Å²) in [5.41, 5.74) is 2.56. The molecular weight excluding hydrogens is 178 g/mol. The molecule has 3 heteroatoms. The maximum absolute atomic E-state index is 11.0. The van der Waals surface area contributed by atoms with E-state index in [-0.39, 0.29) is 0 Å². The van der Waals surface area contributed by atoms with Crippen molar-refractivity contribution in [3.05, 3.63) is 34.9 Å². The molecule has 0 fully saturated rings. The number of rotatable bonds is 1. The fourth-order valence-corrected chi connectivity index (χ4v) is 1.90. The molecule has 1 aromatic carbocycles. The summed E-state index contributed by atoms with van der Waals surface area (Å²) in [6.45, 7) is 2.85. The van der Waals surface area contributed by atoms with E-state index in [0.29, 0.717) is 11.6 Å². The summed E-state index contributed by atoms with van der Waals surface area (Å²) >= 11 is 0. The van der Waals surface area contributed by atoms with Crippen molar-refractivity contribution < 1.29 is 9.90 Å². The highest BCUT2D eigenvalue weighted by molar-refractivity contribution is 5.89. The second kappa shape index (κ2) is 3.42. The lowest BCUT2D eigenvalue weighted by Crippen LogP contribution is -2.33. The molecule has 0 radical (unpaired) electrons. The zero-order valence-electron chi connectivity index (χ0n) is 8.08. The molecular formula is C11H13NO2. The van der Waals surface area contributed by atoms with Crippen molar-refractivity contribution in [2.24, 2.45) is 0 Å². The molecule has 1 aliphatic heterocycles. The van der Waals surface area contributed by atoms with E-state index < -0.39 is 5.97 Å². The number of aromatic carboxylic acids is 1. The zero-order chi connectivity index (χ0) is 10.1. The normalized spacial score (nSPS) is 20.2. The minimum absolute atomic E-state index is 0.364. The van der Waals surface area contributed by atoms with Crippen LogP contribution in [0.25, 0.3) is 0 Å². The number of fused-ring (bicyclic) bond motifs is 1. The van der Waals surface area contributed by atoms with E-state index in [2.05, 4.69) is 12.2 Å². The SMILES string of the molecule is C[C@H]1Cc2c(cccc2C(=O)O)CN1. The average Bonchev–Trinajstić information content (AvgIpc) is 2.16. The van der Waals surface area contributed by atoms with Crippen molar-refractivity contribution in [1.82, 2.24) is 5.32 Å². The maximum Gasteiger partial charge on any atom is 0.335 e. The Bertz CT molecular complexity index is 374. The first-order valence-corrected chi connectivity index (χ1v) is 4.76. The minimum Gasteiger partial charge on any atom is -0.478 e. The number of nitrogens with one attached hydrogen (secondary N) is 1. The van der Waals surface area contributed by atoms with E-state index in [9.17, 15) is 4.79 Å². The fourth-order valence-electron chi connectivity index (χ4n) is 1.90. The molecule has 0 saturated carbocycles. The van der Waals surface area contributed by atoms with Gasteiger partial charge in [0.25, 0.3) is 0 Å². The van der Waals surface area contributed by atoms with Crippen molar-refractivity contribution in [1.29, 1.82) is 0 Å². The highest BCUT2D eigenvalue weighted by atomic mass is 16.4. The third-order valence-corrected chi connectivity index (χ3v) is 2.65. The molecule has 0 spiro atoms. The summed E-state index contributed by atoms with van der Waals surface area (Å²) in [7, 11) is 0. The van der Waals surface area contributed by atoms with Gasteiger partial charge in [-0.1, -0.05) is 12.1 Å². The van der Waals surface area contributed by atoms with Crippen LogP contribution >= 0.6 is 0 Å². The number of hydrogen-bond donors (Lipinski definition) is 2. The van der Waals surface area contributed by atoms with E-state index in [1.165, 1.54) is 0 Å². The van der Waals surface area contributed by atoms with Crippen molar-refractivity contribution in [3.63, 3.8) is 0 Å². The highest BCUT2D eigenvalue weighted by Gasteiger charge is 2.19. The first-order chi connectivity index (χ1) is 6.68. The van der Waals surface area contributed by atoms with Gasteiger partial charge < -0.3 is 10.4 Å². The summed E-state index contributed by atoms with van der Waals surface area (Å²) in [6, 6.07) is 5.84.